The number of nitrogens with zero attached hydrogens (tertiary/aromatic N) is 4. The average Bonchev–Trinajstić information content (AvgIpc) is 3.30. The zero-order valence-electron chi connectivity index (χ0n) is 16.4. The number of piperidine rings is 1. The Kier molecular flexibility index (Phi) is 6.08. The molecule has 0 bridgehead atoms. The van der Waals surface area contributed by atoms with Gasteiger partial charge >= 0.3 is 0 Å². The van der Waals surface area contributed by atoms with Crippen LogP contribution < -0.4 is 5.32 Å². The van der Waals surface area contributed by atoms with E-state index in [1.807, 2.05) is 24.3 Å². The zero-order chi connectivity index (χ0) is 21.8. The minimum Gasteiger partial charge on any atom is -0.320 e. The Balaban J connectivity index is 1.49. The van der Waals surface area contributed by atoms with Gasteiger partial charge in [-0.25, -0.2) is 8.42 Å². The van der Waals surface area contributed by atoms with Crippen LogP contribution in [0.1, 0.15) is 39.1 Å². The lowest BCUT2D eigenvalue weighted by Crippen LogP contribution is -2.39. The van der Waals surface area contributed by atoms with E-state index >= 15 is 0 Å². The van der Waals surface area contributed by atoms with Crippen molar-refractivity contribution >= 4 is 33.0 Å². The molecule has 1 aliphatic rings. The molecule has 0 unspecified atom stereocenters. The van der Waals surface area contributed by atoms with Crippen LogP contribution >= 0.6 is 11.3 Å². The van der Waals surface area contributed by atoms with Gasteiger partial charge in [0, 0.05) is 24.7 Å². The monoisotopic (exact) mass is 453 g/mol. The van der Waals surface area contributed by atoms with E-state index in [4.69, 9.17) is 5.26 Å². The molecule has 2 heterocycles. The van der Waals surface area contributed by atoms with E-state index in [9.17, 15) is 13.2 Å². The summed E-state index contributed by atoms with van der Waals surface area (Å²) in [5.74, 6) is -0.484. The fourth-order valence-corrected chi connectivity index (χ4v) is 5.87. The number of nitrogens with one attached hydrogen (secondary N) is 1. The van der Waals surface area contributed by atoms with Crippen LogP contribution in [-0.4, -0.2) is 41.9 Å². The highest BCUT2D eigenvalue weighted by molar-refractivity contribution is 7.89. The molecule has 1 amide bonds. The molecule has 0 saturated carbocycles. The van der Waals surface area contributed by atoms with Gasteiger partial charge in [0.05, 0.1) is 16.5 Å². The van der Waals surface area contributed by atoms with Crippen LogP contribution in [0.4, 0.5) is 5.69 Å². The topological polar surface area (TPSA) is 116 Å². The predicted molar refractivity (Wildman–Crippen MR) is 116 cm³/mol. The van der Waals surface area contributed by atoms with Crippen LogP contribution in [0.25, 0.3) is 0 Å². The van der Waals surface area contributed by atoms with Crippen molar-refractivity contribution in [2.75, 3.05) is 18.4 Å². The SMILES string of the molecule is N#Cc1cccc(S(=O)(=O)N2CCC[C@H](c3nnc(C(=O)Nc4ccccc4)s3)C2)c1. The minimum absolute atomic E-state index is 0.104. The lowest BCUT2D eigenvalue weighted by atomic mass is 10.0. The molecular formula is C21H19N5O3S2. The molecule has 1 aliphatic heterocycles. The minimum atomic E-state index is -3.73. The maximum atomic E-state index is 13.1. The third-order valence-electron chi connectivity index (χ3n) is 5.00. The fraction of sp³-hybridized carbons (Fsp3) is 0.238. The normalized spacial score (nSPS) is 17.1. The summed E-state index contributed by atoms with van der Waals surface area (Å²) in [7, 11) is -3.73. The Hall–Kier alpha value is -3.13. The second-order valence-corrected chi connectivity index (χ2v) is 10.1. The number of carbonyl (C=O) groups excluding carboxylic acids is 1. The van der Waals surface area contributed by atoms with Crippen molar-refractivity contribution < 1.29 is 13.2 Å². The number of nitriles is 1. The number of anilines is 1. The maximum absolute atomic E-state index is 13.1. The van der Waals surface area contributed by atoms with Crippen LogP contribution in [-0.2, 0) is 10.0 Å². The molecule has 0 aliphatic carbocycles. The van der Waals surface area contributed by atoms with E-state index in [-0.39, 0.29) is 28.3 Å². The third-order valence-corrected chi connectivity index (χ3v) is 7.95. The smallest absolute Gasteiger partial charge is 0.286 e. The quantitative estimate of drug-likeness (QED) is 0.634. The van der Waals surface area contributed by atoms with Gasteiger partial charge in [-0.1, -0.05) is 35.6 Å². The van der Waals surface area contributed by atoms with Crippen LogP contribution in [0.3, 0.4) is 0 Å². The van der Waals surface area contributed by atoms with Gasteiger partial charge in [0.15, 0.2) is 0 Å². The van der Waals surface area contributed by atoms with Crippen molar-refractivity contribution in [1.82, 2.24) is 14.5 Å². The van der Waals surface area contributed by atoms with E-state index in [2.05, 4.69) is 15.5 Å². The van der Waals surface area contributed by atoms with E-state index in [1.165, 1.54) is 27.8 Å². The molecule has 158 valence electrons. The van der Waals surface area contributed by atoms with Gasteiger partial charge in [-0.15, -0.1) is 10.2 Å². The second kappa shape index (κ2) is 8.93. The number of para-hydroxylation sites is 1. The summed E-state index contributed by atoms with van der Waals surface area (Å²) < 4.78 is 27.6. The molecule has 3 aromatic rings. The highest BCUT2D eigenvalue weighted by Crippen LogP contribution is 2.32. The molecule has 1 atom stereocenters. The van der Waals surface area contributed by atoms with Gasteiger partial charge in [-0.3, -0.25) is 4.79 Å². The highest BCUT2D eigenvalue weighted by Gasteiger charge is 2.33. The number of carbonyl (C=O) groups is 1. The van der Waals surface area contributed by atoms with Crippen molar-refractivity contribution in [3.8, 4) is 6.07 Å². The first-order chi connectivity index (χ1) is 15.0. The maximum Gasteiger partial charge on any atom is 0.286 e. The highest BCUT2D eigenvalue weighted by atomic mass is 32.2. The van der Waals surface area contributed by atoms with Crippen LogP contribution in [0, 0.1) is 11.3 Å². The largest absolute Gasteiger partial charge is 0.320 e. The second-order valence-electron chi connectivity index (χ2n) is 7.11. The standard InChI is InChI=1S/C21H19N5O3S2/c22-13-15-6-4-10-18(12-15)31(28,29)26-11-5-7-16(14-26)20-24-25-21(30-20)19(27)23-17-8-2-1-3-9-17/h1-4,6,8-10,12,16H,5,7,11,14H2,(H,23,27)/t16-/m0/s1. The van der Waals surface area contributed by atoms with E-state index in [0.29, 0.717) is 29.2 Å². The Morgan fingerprint density at radius 3 is 2.74 bits per heavy atom. The molecule has 4 rings (SSSR count). The van der Waals surface area contributed by atoms with Crippen molar-refractivity contribution in [2.24, 2.45) is 0 Å². The molecule has 1 fully saturated rings. The Bertz CT molecular complexity index is 1240. The lowest BCUT2D eigenvalue weighted by molar-refractivity contribution is 0.102. The van der Waals surface area contributed by atoms with Gasteiger partial charge in [0.1, 0.15) is 5.01 Å². The number of amides is 1. The molecule has 8 nitrogen and oxygen atoms in total. The molecule has 10 heteroatoms. The number of hydrogen-bond donors (Lipinski definition) is 1. The fourth-order valence-electron chi connectivity index (χ4n) is 3.43. The summed E-state index contributed by atoms with van der Waals surface area (Å²) in [6.07, 6.45) is 1.44. The Morgan fingerprint density at radius 1 is 1.16 bits per heavy atom. The molecule has 0 radical (unpaired) electrons. The third kappa shape index (κ3) is 4.64. The summed E-state index contributed by atoms with van der Waals surface area (Å²) in [4.78, 5) is 12.5. The van der Waals surface area contributed by atoms with Crippen molar-refractivity contribution in [2.45, 2.75) is 23.7 Å². The average molecular weight is 454 g/mol. The van der Waals surface area contributed by atoms with Gasteiger partial charge in [-0.2, -0.15) is 9.57 Å². The van der Waals surface area contributed by atoms with E-state index in [1.54, 1.807) is 24.3 Å². The van der Waals surface area contributed by atoms with Crippen molar-refractivity contribution in [1.29, 1.82) is 5.26 Å². The summed E-state index contributed by atoms with van der Waals surface area (Å²) in [5, 5.41) is 20.9. The lowest BCUT2D eigenvalue weighted by Gasteiger charge is -2.30. The van der Waals surface area contributed by atoms with Gasteiger partial charge in [-0.05, 0) is 43.2 Å². The predicted octanol–water partition coefficient (Wildman–Crippen LogP) is 3.23. The number of sulfonamides is 1. The molecule has 0 spiro atoms. The van der Waals surface area contributed by atoms with Crippen LogP contribution in [0.5, 0.6) is 0 Å². The van der Waals surface area contributed by atoms with Gasteiger partial charge in [0.25, 0.3) is 5.91 Å². The van der Waals surface area contributed by atoms with E-state index in [0.717, 1.165) is 6.42 Å². The first kappa shape index (κ1) is 21.1. The molecule has 31 heavy (non-hydrogen) atoms. The van der Waals surface area contributed by atoms with Gasteiger partial charge < -0.3 is 5.32 Å². The summed E-state index contributed by atoms with van der Waals surface area (Å²) in [5.41, 5.74) is 0.964. The zero-order valence-corrected chi connectivity index (χ0v) is 18.1. The van der Waals surface area contributed by atoms with Crippen molar-refractivity contribution in [3.63, 3.8) is 0 Å². The van der Waals surface area contributed by atoms with Gasteiger partial charge in [0.2, 0.25) is 15.0 Å². The Morgan fingerprint density at radius 2 is 1.97 bits per heavy atom. The molecule has 1 saturated heterocycles. The first-order valence-corrected chi connectivity index (χ1v) is 11.9. The molecule has 1 N–H and O–H groups in total. The molecule has 2 aromatic carbocycles. The number of hydrogen-bond acceptors (Lipinski definition) is 7. The summed E-state index contributed by atoms with van der Waals surface area (Å²) >= 11 is 1.18. The number of rotatable bonds is 5. The van der Waals surface area contributed by atoms with Crippen LogP contribution in [0.15, 0.2) is 59.5 Å². The number of aromatic nitrogens is 2. The van der Waals surface area contributed by atoms with Crippen molar-refractivity contribution in [3.05, 3.63) is 70.2 Å². The Labute approximate surface area is 184 Å². The van der Waals surface area contributed by atoms with E-state index < -0.39 is 10.0 Å². The van der Waals surface area contributed by atoms with Crippen LogP contribution in [0.2, 0.25) is 0 Å². The molecular weight excluding hydrogens is 434 g/mol. The summed E-state index contributed by atoms with van der Waals surface area (Å²) in [6, 6.07) is 17.1. The number of benzene rings is 2. The first-order valence-electron chi connectivity index (χ1n) is 9.67. The summed E-state index contributed by atoms with van der Waals surface area (Å²) in [6.45, 7) is 0.657. The molecule has 1 aromatic heterocycles.